The molecule has 0 fully saturated rings. The number of benzene rings is 1. The first-order valence-electron chi connectivity index (χ1n) is 6.41. The Kier molecular flexibility index (Phi) is 5.26. The van der Waals surface area contributed by atoms with Gasteiger partial charge in [-0.25, -0.2) is 4.39 Å². The third-order valence-corrected chi connectivity index (χ3v) is 3.51. The highest BCUT2D eigenvalue weighted by Crippen LogP contribution is 2.32. The number of ether oxygens (including phenoxy) is 1. The molecule has 112 valence electrons. The van der Waals surface area contributed by atoms with Gasteiger partial charge in [0, 0.05) is 18.2 Å². The SMILES string of the molecule is CCC(N)(CC)CNc1cc(OC)c(F)cc1[N+](=O)[O-]. The van der Waals surface area contributed by atoms with Crippen molar-refractivity contribution in [1.29, 1.82) is 0 Å². The van der Waals surface area contributed by atoms with E-state index >= 15 is 0 Å². The summed E-state index contributed by atoms with van der Waals surface area (Å²) < 4.78 is 18.4. The lowest BCUT2D eigenvalue weighted by molar-refractivity contribution is -0.384. The zero-order chi connectivity index (χ0) is 15.3. The number of methoxy groups -OCH3 is 1. The van der Waals surface area contributed by atoms with Crippen LogP contribution in [0, 0.1) is 15.9 Å². The second kappa shape index (κ2) is 6.51. The molecule has 0 aliphatic carbocycles. The van der Waals surface area contributed by atoms with Crippen molar-refractivity contribution in [2.45, 2.75) is 32.2 Å². The molecule has 20 heavy (non-hydrogen) atoms. The Morgan fingerprint density at radius 2 is 2.05 bits per heavy atom. The molecule has 0 aliphatic heterocycles. The molecule has 0 amide bonds. The maximum atomic E-state index is 13.5. The van der Waals surface area contributed by atoms with Gasteiger partial charge in [-0.2, -0.15) is 0 Å². The van der Waals surface area contributed by atoms with Crippen LogP contribution in [0.1, 0.15) is 26.7 Å². The fourth-order valence-electron chi connectivity index (χ4n) is 1.76. The number of hydrogen-bond donors (Lipinski definition) is 2. The van der Waals surface area contributed by atoms with E-state index in [0.29, 0.717) is 6.54 Å². The highest BCUT2D eigenvalue weighted by atomic mass is 19.1. The Morgan fingerprint density at radius 3 is 2.50 bits per heavy atom. The van der Waals surface area contributed by atoms with Crippen LogP contribution in [-0.2, 0) is 0 Å². The van der Waals surface area contributed by atoms with Crippen molar-refractivity contribution in [3.05, 3.63) is 28.1 Å². The standard InChI is InChI=1S/C13H20FN3O3/c1-4-13(15,5-2)8-16-10-7-12(20-3)9(14)6-11(10)17(18)19/h6-7,16H,4-5,8,15H2,1-3H3. The van der Waals surface area contributed by atoms with Crippen LogP contribution in [0.3, 0.4) is 0 Å². The first kappa shape index (κ1) is 16.2. The molecule has 0 saturated heterocycles. The van der Waals surface area contributed by atoms with Crippen molar-refractivity contribution in [2.75, 3.05) is 19.0 Å². The summed E-state index contributed by atoms with van der Waals surface area (Å²) in [7, 11) is 1.30. The van der Waals surface area contributed by atoms with E-state index in [1.54, 1.807) is 0 Å². The van der Waals surface area contributed by atoms with Crippen LogP contribution in [0.25, 0.3) is 0 Å². The Balaban J connectivity index is 3.06. The van der Waals surface area contributed by atoms with E-state index in [2.05, 4.69) is 5.32 Å². The number of nitro benzene ring substituents is 1. The lowest BCUT2D eigenvalue weighted by Gasteiger charge is -2.27. The summed E-state index contributed by atoms with van der Waals surface area (Å²) >= 11 is 0. The molecule has 0 saturated carbocycles. The molecule has 6 nitrogen and oxygen atoms in total. The van der Waals surface area contributed by atoms with Crippen LogP contribution >= 0.6 is 0 Å². The highest BCUT2D eigenvalue weighted by Gasteiger charge is 2.23. The van der Waals surface area contributed by atoms with Crippen LogP contribution in [-0.4, -0.2) is 24.1 Å². The van der Waals surface area contributed by atoms with Crippen LogP contribution in [0.4, 0.5) is 15.8 Å². The lowest BCUT2D eigenvalue weighted by Crippen LogP contribution is -2.45. The van der Waals surface area contributed by atoms with Gasteiger partial charge in [-0.3, -0.25) is 10.1 Å². The van der Waals surface area contributed by atoms with E-state index < -0.39 is 16.3 Å². The van der Waals surface area contributed by atoms with E-state index in [4.69, 9.17) is 10.5 Å². The van der Waals surface area contributed by atoms with Gasteiger partial charge in [0.25, 0.3) is 5.69 Å². The molecule has 1 aromatic rings. The van der Waals surface area contributed by atoms with Gasteiger partial charge in [-0.1, -0.05) is 13.8 Å². The van der Waals surface area contributed by atoms with Gasteiger partial charge in [-0.15, -0.1) is 0 Å². The maximum absolute atomic E-state index is 13.5. The first-order valence-corrected chi connectivity index (χ1v) is 6.41. The van der Waals surface area contributed by atoms with Gasteiger partial charge in [-0.05, 0) is 12.8 Å². The van der Waals surface area contributed by atoms with Crippen molar-refractivity contribution < 1.29 is 14.1 Å². The molecule has 0 heterocycles. The number of nitrogens with one attached hydrogen (secondary N) is 1. The monoisotopic (exact) mass is 285 g/mol. The van der Waals surface area contributed by atoms with E-state index in [1.165, 1.54) is 13.2 Å². The summed E-state index contributed by atoms with van der Waals surface area (Å²) in [4.78, 5) is 10.3. The van der Waals surface area contributed by atoms with Crippen LogP contribution in [0.2, 0.25) is 0 Å². The number of nitrogens with two attached hydrogens (primary N) is 1. The third-order valence-electron chi connectivity index (χ3n) is 3.51. The zero-order valence-corrected chi connectivity index (χ0v) is 11.9. The summed E-state index contributed by atoms with van der Waals surface area (Å²) in [6.07, 6.45) is 1.45. The largest absolute Gasteiger partial charge is 0.494 e. The molecule has 1 rings (SSSR count). The molecule has 0 aromatic heterocycles. The van der Waals surface area contributed by atoms with Gasteiger partial charge >= 0.3 is 0 Å². The molecular weight excluding hydrogens is 265 g/mol. The molecule has 1 aromatic carbocycles. The van der Waals surface area contributed by atoms with Crippen molar-refractivity contribution >= 4 is 11.4 Å². The number of anilines is 1. The van der Waals surface area contributed by atoms with E-state index in [-0.39, 0.29) is 17.1 Å². The zero-order valence-electron chi connectivity index (χ0n) is 11.9. The summed E-state index contributed by atoms with van der Waals surface area (Å²) in [6.45, 7) is 4.26. The minimum atomic E-state index is -0.769. The summed E-state index contributed by atoms with van der Waals surface area (Å²) in [5.41, 5.74) is 5.53. The quantitative estimate of drug-likeness (QED) is 0.593. The number of hydrogen-bond acceptors (Lipinski definition) is 5. The minimum Gasteiger partial charge on any atom is -0.494 e. The molecule has 7 heteroatoms. The summed E-state index contributed by atoms with van der Waals surface area (Å²) in [5.74, 6) is -0.816. The molecule has 0 aliphatic rings. The van der Waals surface area contributed by atoms with Crippen LogP contribution in [0.15, 0.2) is 12.1 Å². The summed E-state index contributed by atoms with van der Waals surface area (Å²) in [5, 5.41) is 13.9. The average molecular weight is 285 g/mol. The van der Waals surface area contributed by atoms with Gasteiger partial charge in [0.15, 0.2) is 11.6 Å². The molecule has 0 spiro atoms. The molecule has 0 atom stereocenters. The topological polar surface area (TPSA) is 90.4 Å². The van der Waals surface area contributed by atoms with Gasteiger partial charge in [0.1, 0.15) is 5.69 Å². The van der Waals surface area contributed by atoms with E-state index in [9.17, 15) is 14.5 Å². The van der Waals surface area contributed by atoms with Crippen LogP contribution < -0.4 is 15.8 Å². The minimum absolute atomic E-state index is 0.0475. The van der Waals surface area contributed by atoms with Gasteiger partial charge in [0.05, 0.1) is 18.1 Å². The molecule has 0 unspecified atom stereocenters. The summed E-state index contributed by atoms with van der Waals surface area (Å²) in [6, 6.07) is 2.12. The second-order valence-corrected chi connectivity index (χ2v) is 4.68. The number of halogens is 1. The van der Waals surface area contributed by atoms with Crippen molar-refractivity contribution in [3.63, 3.8) is 0 Å². The van der Waals surface area contributed by atoms with Gasteiger partial charge < -0.3 is 15.8 Å². The molecular formula is C13H20FN3O3. The van der Waals surface area contributed by atoms with Crippen molar-refractivity contribution in [2.24, 2.45) is 5.73 Å². The molecule has 0 bridgehead atoms. The third kappa shape index (κ3) is 3.57. The van der Waals surface area contributed by atoms with Crippen molar-refractivity contribution in [3.8, 4) is 5.75 Å². The Bertz CT molecular complexity index is 490. The highest BCUT2D eigenvalue weighted by molar-refractivity contribution is 5.64. The first-order chi connectivity index (χ1) is 9.36. The molecule has 0 radical (unpaired) electrons. The Labute approximate surface area is 117 Å². The normalized spacial score (nSPS) is 11.2. The predicted octanol–water partition coefficient (Wildman–Crippen LogP) is 2.67. The maximum Gasteiger partial charge on any atom is 0.295 e. The van der Waals surface area contributed by atoms with Gasteiger partial charge in [0.2, 0.25) is 0 Å². The molecule has 3 N–H and O–H groups in total. The van der Waals surface area contributed by atoms with E-state index in [0.717, 1.165) is 18.9 Å². The predicted molar refractivity (Wildman–Crippen MR) is 75.6 cm³/mol. The number of rotatable bonds is 7. The lowest BCUT2D eigenvalue weighted by atomic mass is 9.94. The smallest absolute Gasteiger partial charge is 0.295 e. The van der Waals surface area contributed by atoms with E-state index in [1.807, 2.05) is 13.8 Å². The average Bonchev–Trinajstić information content (AvgIpc) is 2.45. The fourth-order valence-corrected chi connectivity index (χ4v) is 1.76. The number of nitrogens with zero attached hydrogens (tertiary/aromatic N) is 1. The second-order valence-electron chi connectivity index (χ2n) is 4.68. The Hall–Kier alpha value is -1.89. The number of nitro groups is 1. The Morgan fingerprint density at radius 1 is 1.45 bits per heavy atom. The van der Waals surface area contributed by atoms with Crippen molar-refractivity contribution in [1.82, 2.24) is 0 Å². The van der Waals surface area contributed by atoms with Crippen LogP contribution in [0.5, 0.6) is 5.75 Å². The fraction of sp³-hybridized carbons (Fsp3) is 0.538.